The van der Waals surface area contributed by atoms with Gasteiger partial charge in [0.2, 0.25) is 16.8 Å². The van der Waals surface area contributed by atoms with Gasteiger partial charge in [0.05, 0.1) is 0 Å². The summed E-state index contributed by atoms with van der Waals surface area (Å²) in [5.41, 5.74) is -19.8. The van der Waals surface area contributed by atoms with Crippen LogP contribution in [-0.2, 0) is 24.0 Å². The molecule has 0 bridgehead atoms. The van der Waals surface area contributed by atoms with E-state index < -0.39 is 63.0 Å². The molecule has 2 unspecified atom stereocenters. The summed E-state index contributed by atoms with van der Waals surface area (Å²) in [6.07, 6.45) is -3.18. The van der Waals surface area contributed by atoms with Gasteiger partial charge in [0.1, 0.15) is 6.10 Å². The first-order valence-electron chi connectivity index (χ1n) is 7.72. The highest BCUT2D eigenvalue weighted by Crippen LogP contribution is 2.55. The number of carbonyl (C=O) groups is 5. The van der Waals surface area contributed by atoms with Gasteiger partial charge >= 0.3 is 0 Å². The van der Waals surface area contributed by atoms with Crippen LogP contribution in [0.25, 0.3) is 0 Å². The van der Waals surface area contributed by atoms with E-state index in [0.29, 0.717) is 34.6 Å². The largest absolute Gasteiger partial charge is 0.386 e. The highest BCUT2D eigenvalue weighted by Gasteiger charge is 2.90. The highest BCUT2D eigenvalue weighted by molar-refractivity contribution is 6.13. The molecule has 0 heterocycles. The van der Waals surface area contributed by atoms with Gasteiger partial charge in [-0.15, -0.1) is 0 Å². The van der Waals surface area contributed by atoms with Crippen molar-refractivity contribution in [2.75, 3.05) is 0 Å². The molecule has 1 fully saturated rings. The Balaban J connectivity index is 4.43. The van der Waals surface area contributed by atoms with Crippen molar-refractivity contribution in [2.45, 2.75) is 68.7 Å². The fourth-order valence-corrected chi connectivity index (χ4v) is 3.96. The molecule has 1 saturated carbocycles. The SMILES string of the molecule is CC(=O)C1(O)[C@](O)(C(C)=O)[C@@](O)(C(C)=O)C(O)[C@@](O)(C(C)=O)[C@@]1(O)C(C)=O. The fraction of sp³-hybridized carbons (Fsp3) is 0.688. The molecule has 6 atom stereocenters. The molecule has 1 aliphatic rings. The van der Waals surface area contributed by atoms with Gasteiger partial charge in [0, 0.05) is 0 Å². The van der Waals surface area contributed by atoms with Crippen molar-refractivity contribution < 1.29 is 54.6 Å². The third kappa shape index (κ3) is 2.03. The monoisotopic (exact) mass is 390 g/mol. The molecule has 0 spiro atoms. The second-order valence-corrected chi connectivity index (χ2v) is 6.85. The summed E-state index contributed by atoms with van der Waals surface area (Å²) in [6, 6.07) is 0. The van der Waals surface area contributed by atoms with E-state index in [9.17, 15) is 54.6 Å². The maximum Gasteiger partial charge on any atom is 0.201 e. The van der Waals surface area contributed by atoms with E-state index in [4.69, 9.17) is 0 Å². The molecule has 0 aromatic heterocycles. The number of hydrogen-bond donors (Lipinski definition) is 6. The number of hydrogen-bond acceptors (Lipinski definition) is 11. The van der Waals surface area contributed by atoms with Crippen LogP contribution in [0.4, 0.5) is 0 Å². The molecule has 11 nitrogen and oxygen atoms in total. The molecule has 6 N–H and O–H groups in total. The minimum Gasteiger partial charge on any atom is -0.386 e. The van der Waals surface area contributed by atoms with Crippen molar-refractivity contribution in [2.24, 2.45) is 0 Å². The predicted octanol–water partition coefficient (Wildman–Crippen LogP) is -4.04. The fourth-order valence-electron chi connectivity index (χ4n) is 3.96. The second kappa shape index (κ2) is 6.06. The van der Waals surface area contributed by atoms with E-state index in [1.54, 1.807) is 0 Å². The molecule has 0 aliphatic heterocycles. The molecule has 1 rings (SSSR count). The summed E-state index contributed by atoms with van der Waals surface area (Å²) in [5, 5.41) is 64.8. The Hall–Kier alpha value is -1.89. The lowest BCUT2D eigenvalue weighted by atomic mass is 9.45. The number of aliphatic hydroxyl groups is 6. The number of carbonyl (C=O) groups excluding carboxylic acids is 5. The van der Waals surface area contributed by atoms with E-state index in [1.807, 2.05) is 0 Å². The van der Waals surface area contributed by atoms with Crippen LogP contribution >= 0.6 is 0 Å². The van der Waals surface area contributed by atoms with Crippen LogP contribution in [0.1, 0.15) is 34.6 Å². The highest BCUT2D eigenvalue weighted by atomic mass is 16.5. The van der Waals surface area contributed by atoms with Gasteiger partial charge in [0.15, 0.2) is 40.1 Å². The lowest BCUT2D eigenvalue weighted by Gasteiger charge is -2.64. The molecule has 0 aromatic carbocycles. The Labute approximate surface area is 153 Å². The van der Waals surface area contributed by atoms with Gasteiger partial charge in [-0.2, -0.15) is 0 Å². The van der Waals surface area contributed by atoms with Crippen molar-refractivity contribution in [1.29, 1.82) is 0 Å². The molecule has 0 radical (unpaired) electrons. The molecule has 1 aliphatic carbocycles. The summed E-state index contributed by atoms with van der Waals surface area (Å²) in [6.45, 7) is 2.51. The summed E-state index contributed by atoms with van der Waals surface area (Å²) in [5.74, 6) is -8.44. The zero-order valence-electron chi connectivity index (χ0n) is 15.3. The zero-order chi connectivity index (χ0) is 22.0. The first-order chi connectivity index (χ1) is 11.9. The van der Waals surface area contributed by atoms with Crippen LogP contribution in [-0.4, -0.2) is 93.7 Å². The smallest absolute Gasteiger partial charge is 0.201 e. The Kier molecular flexibility index (Phi) is 5.19. The Morgan fingerprint density at radius 3 is 0.889 bits per heavy atom. The van der Waals surface area contributed by atoms with Crippen molar-refractivity contribution in [3.8, 4) is 0 Å². The lowest BCUT2D eigenvalue weighted by molar-refractivity contribution is -0.353. The van der Waals surface area contributed by atoms with Crippen molar-refractivity contribution in [3.63, 3.8) is 0 Å². The van der Waals surface area contributed by atoms with Gasteiger partial charge in [0.25, 0.3) is 0 Å². The van der Waals surface area contributed by atoms with Gasteiger partial charge < -0.3 is 30.6 Å². The van der Waals surface area contributed by atoms with E-state index in [-0.39, 0.29) is 0 Å². The molecule has 0 aromatic rings. The standard InChI is InChI=1S/C16H22O11/c1-6(17)12(23)11(22)13(24,7(2)18)15(26,9(4)20)16(27,10(5)21)14(12,25)8(3)19/h11,22-27H,1-5H3/t11?,12-,13+,14-,15-,16?/m0/s1. The van der Waals surface area contributed by atoms with E-state index in [0.717, 1.165) is 0 Å². The minimum atomic E-state index is -4.09. The minimum absolute atomic E-state index is 0.473. The Morgan fingerprint density at radius 1 is 0.519 bits per heavy atom. The van der Waals surface area contributed by atoms with Gasteiger partial charge in [-0.1, -0.05) is 0 Å². The topological polar surface area (TPSA) is 207 Å². The first-order valence-corrected chi connectivity index (χ1v) is 7.72. The summed E-state index contributed by atoms with van der Waals surface area (Å²) >= 11 is 0. The van der Waals surface area contributed by atoms with Crippen LogP contribution in [0, 0.1) is 0 Å². The van der Waals surface area contributed by atoms with E-state index in [1.165, 1.54) is 0 Å². The van der Waals surface area contributed by atoms with Crippen LogP contribution in [0.15, 0.2) is 0 Å². The van der Waals surface area contributed by atoms with Crippen LogP contribution in [0.2, 0.25) is 0 Å². The summed E-state index contributed by atoms with van der Waals surface area (Å²) in [4.78, 5) is 61.0. The van der Waals surface area contributed by atoms with Crippen molar-refractivity contribution in [1.82, 2.24) is 0 Å². The van der Waals surface area contributed by atoms with Crippen molar-refractivity contribution >= 4 is 28.9 Å². The van der Waals surface area contributed by atoms with E-state index in [2.05, 4.69) is 0 Å². The second-order valence-electron chi connectivity index (χ2n) is 6.85. The van der Waals surface area contributed by atoms with Crippen LogP contribution in [0.5, 0.6) is 0 Å². The molecular weight excluding hydrogens is 368 g/mol. The number of aliphatic hydroxyl groups excluding tert-OH is 1. The Morgan fingerprint density at radius 2 is 0.741 bits per heavy atom. The van der Waals surface area contributed by atoms with Gasteiger partial charge in [-0.25, -0.2) is 0 Å². The zero-order valence-corrected chi connectivity index (χ0v) is 15.3. The third-order valence-corrected chi connectivity index (χ3v) is 5.54. The van der Waals surface area contributed by atoms with Gasteiger partial charge in [-0.3, -0.25) is 24.0 Å². The van der Waals surface area contributed by atoms with E-state index >= 15 is 0 Å². The maximum atomic E-state index is 12.3. The lowest BCUT2D eigenvalue weighted by Crippen LogP contribution is -2.97. The number of Topliss-reactive ketones (excluding diaryl/α,β-unsaturated/α-hetero) is 5. The summed E-state index contributed by atoms with van der Waals surface area (Å²) < 4.78 is 0. The first kappa shape index (κ1) is 23.1. The average molecular weight is 390 g/mol. The Bertz CT molecular complexity index is 705. The summed E-state index contributed by atoms with van der Waals surface area (Å²) in [7, 11) is 0. The van der Waals surface area contributed by atoms with Crippen LogP contribution < -0.4 is 0 Å². The molecule has 0 amide bonds. The molecular formula is C16H22O11. The molecule has 152 valence electrons. The predicted molar refractivity (Wildman–Crippen MR) is 84.2 cm³/mol. The quantitative estimate of drug-likeness (QED) is 0.266. The number of rotatable bonds is 5. The molecule has 27 heavy (non-hydrogen) atoms. The van der Waals surface area contributed by atoms with Crippen molar-refractivity contribution in [3.05, 3.63) is 0 Å². The normalized spacial score (nSPS) is 44.5. The van der Waals surface area contributed by atoms with Crippen LogP contribution in [0.3, 0.4) is 0 Å². The maximum absolute atomic E-state index is 12.3. The number of ketones is 5. The van der Waals surface area contributed by atoms with Gasteiger partial charge in [-0.05, 0) is 34.6 Å². The molecule has 11 heteroatoms. The average Bonchev–Trinajstić information content (AvgIpc) is 2.54. The third-order valence-electron chi connectivity index (χ3n) is 5.54. The molecule has 0 saturated heterocycles.